The van der Waals surface area contributed by atoms with E-state index >= 15 is 0 Å². The smallest absolute Gasteiger partial charge is 0.268 e. The molecule has 31 heavy (non-hydrogen) atoms. The number of halogens is 1. The van der Waals surface area contributed by atoms with Gasteiger partial charge in [0.1, 0.15) is 17.8 Å². The minimum atomic E-state index is -0.544. The van der Waals surface area contributed by atoms with Crippen LogP contribution in [0.2, 0.25) is 5.02 Å². The van der Waals surface area contributed by atoms with Crippen molar-refractivity contribution in [2.45, 2.75) is 6.04 Å². The number of hydrogen-bond acceptors (Lipinski definition) is 5. The van der Waals surface area contributed by atoms with E-state index in [4.69, 9.17) is 11.6 Å². The maximum Gasteiger partial charge on any atom is 0.268 e. The molecule has 0 spiro atoms. The Labute approximate surface area is 184 Å². The number of carbonyl (C=O) groups excluding carboxylic acids is 1. The van der Waals surface area contributed by atoms with Crippen molar-refractivity contribution in [1.29, 1.82) is 0 Å². The third kappa shape index (κ3) is 5.09. The Bertz CT molecular complexity index is 1160. The average Bonchev–Trinajstić information content (AvgIpc) is 3.30. The van der Waals surface area contributed by atoms with Crippen LogP contribution in [-0.2, 0) is 0 Å². The molecule has 1 amide bonds. The van der Waals surface area contributed by atoms with Gasteiger partial charge >= 0.3 is 0 Å². The average molecular weight is 434 g/mol. The molecule has 4 rings (SSSR count). The van der Waals surface area contributed by atoms with Crippen LogP contribution in [0.4, 0.5) is 11.5 Å². The molecule has 0 aliphatic carbocycles. The van der Waals surface area contributed by atoms with Crippen molar-refractivity contribution in [3.8, 4) is 11.3 Å². The number of H-pyrrole nitrogens is 1. The first-order chi connectivity index (χ1) is 15.1. The number of aromatic nitrogens is 3. The van der Waals surface area contributed by atoms with Gasteiger partial charge in [-0.05, 0) is 35.9 Å². The van der Waals surface area contributed by atoms with Crippen LogP contribution in [0, 0.1) is 0 Å². The molecule has 0 saturated heterocycles. The largest absolute Gasteiger partial charge is 0.394 e. The van der Waals surface area contributed by atoms with Gasteiger partial charge in [-0.3, -0.25) is 4.79 Å². The Hall–Kier alpha value is -3.68. The fraction of sp³-hybridized carbons (Fsp3) is 0.0870. The van der Waals surface area contributed by atoms with Crippen molar-refractivity contribution in [2.75, 3.05) is 11.9 Å². The van der Waals surface area contributed by atoms with Crippen LogP contribution in [0.3, 0.4) is 0 Å². The number of aromatic amines is 1. The van der Waals surface area contributed by atoms with Gasteiger partial charge in [-0.15, -0.1) is 0 Å². The summed E-state index contributed by atoms with van der Waals surface area (Å²) in [5, 5.41) is 16.3. The molecular weight excluding hydrogens is 414 g/mol. The van der Waals surface area contributed by atoms with Crippen molar-refractivity contribution in [3.05, 3.63) is 95.5 Å². The van der Waals surface area contributed by atoms with Crippen molar-refractivity contribution in [2.24, 2.45) is 0 Å². The number of aliphatic hydroxyl groups excluding tert-OH is 1. The van der Waals surface area contributed by atoms with E-state index in [9.17, 15) is 9.90 Å². The van der Waals surface area contributed by atoms with Crippen molar-refractivity contribution < 1.29 is 9.90 Å². The number of amides is 1. The summed E-state index contributed by atoms with van der Waals surface area (Å²) in [6.07, 6.45) is 3.18. The van der Waals surface area contributed by atoms with Crippen molar-refractivity contribution in [1.82, 2.24) is 20.3 Å². The van der Waals surface area contributed by atoms with E-state index in [1.165, 1.54) is 6.33 Å². The molecule has 4 N–H and O–H groups in total. The van der Waals surface area contributed by atoms with Crippen LogP contribution >= 0.6 is 11.6 Å². The number of benzene rings is 2. The van der Waals surface area contributed by atoms with Gasteiger partial charge in [0.2, 0.25) is 0 Å². The highest BCUT2D eigenvalue weighted by Gasteiger charge is 2.17. The summed E-state index contributed by atoms with van der Waals surface area (Å²) >= 11 is 5.91. The van der Waals surface area contributed by atoms with E-state index < -0.39 is 6.04 Å². The van der Waals surface area contributed by atoms with Crippen LogP contribution < -0.4 is 10.6 Å². The van der Waals surface area contributed by atoms with Gasteiger partial charge in [0.15, 0.2) is 0 Å². The fourth-order valence-electron chi connectivity index (χ4n) is 3.09. The Morgan fingerprint density at radius 1 is 1.06 bits per heavy atom. The molecule has 0 aliphatic heterocycles. The molecule has 7 nitrogen and oxygen atoms in total. The summed E-state index contributed by atoms with van der Waals surface area (Å²) < 4.78 is 0. The zero-order valence-corrected chi connectivity index (χ0v) is 17.2. The number of hydrogen-bond donors (Lipinski definition) is 4. The first-order valence-corrected chi connectivity index (χ1v) is 10.0. The molecule has 2 heterocycles. The van der Waals surface area contributed by atoms with Crippen LogP contribution in [0.25, 0.3) is 11.3 Å². The molecule has 0 saturated carbocycles. The molecule has 0 bridgehead atoms. The first kappa shape index (κ1) is 20.6. The highest BCUT2D eigenvalue weighted by Crippen LogP contribution is 2.22. The first-order valence-electron chi connectivity index (χ1n) is 9.62. The molecule has 2 aromatic heterocycles. The minimum absolute atomic E-state index is 0.235. The van der Waals surface area contributed by atoms with Crippen LogP contribution in [-0.4, -0.2) is 32.6 Å². The standard InChI is InChI=1S/C23H20ClN5O2/c24-17-8-6-15(7-9-17)21(13-30)29-23(31)20-10-16(12-25-20)19-11-22(27-14-26-19)28-18-4-2-1-3-5-18/h1-12,14,21,25,30H,13H2,(H,29,31)(H,26,27,28)/t21-/m0/s1. The zero-order valence-electron chi connectivity index (χ0n) is 16.4. The molecule has 1 atom stereocenters. The number of aliphatic hydroxyl groups is 1. The lowest BCUT2D eigenvalue weighted by molar-refractivity contribution is 0.0912. The summed E-state index contributed by atoms with van der Waals surface area (Å²) in [6, 6.07) is 19.6. The third-order valence-electron chi connectivity index (χ3n) is 4.70. The number of carbonyl (C=O) groups is 1. The highest BCUT2D eigenvalue weighted by atomic mass is 35.5. The van der Waals surface area contributed by atoms with Gasteiger partial charge in [0.05, 0.1) is 18.3 Å². The monoisotopic (exact) mass is 433 g/mol. The van der Waals surface area contributed by atoms with E-state index in [0.29, 0.717) is 22.2 Å². The molecular formula is C23H20ClN5O2. The van der Waals surface area contributed by atoms with Gasteiger partial charge in [0.25, 0.3) is 5.91 Å². The molecule has 0 radical (unpaired) electrons. The molecule has 0 unspecified atom stereocenters. The number of nitrogens with zero attached hydrogens (tertiary/aromatic N) is 2. The molecule has 0 aliphatic rings. The second kappa shape index (κ2) is 9.42. The quantitative estimate of drug-likeness (QED) is 0.347. The maximum absolute atomic E-state index is 12.7. The Balaban J connectivity index is 1.48. The van der Waals surface area contributed by atoms with Gasteiger partial charge < -0.3 is 20.7 Å². The topological polar surface area (TPSA) is 103 Å². The number of rotatable bonds is 7. The highest BCUT2D eigenvalue weighted by molar-refractivity contribution is 6.30. The lowest BCUT2D eigenvalue weighted by atomic mass is 10.1. The number of nitrogens with one attached hydrogen (secondary N) is 3. The Kier molecular flexibility index (Phi) is 6.26. The minimum Gasteiger partial charge on any atom is -0.394 e. The van der Waals surface area contributed by atoms with Gasteiger partial charge in [0, 0.05) is 28.5 Å². The second-order valence-corrected chi connectivity index (χ2v) is 7.28. The van der Waals surface area contributed by atoms with E-state index in [0.717, 1.165) is 16.8 Å². The fourth-order valence-corrected chi connectivity index (χ4v) is 3.22. The van der Waals surface area contributed by atoms with Crippen LogP contribution in [0.5, 0.6) is 0 Å². The Morgan fingerprint density at radius 3 is 2.58 bits per heavy atom. The predicted molar refractivity (Wildman–Crippen MR) is 120 cm³/mol. The number of para-hydroxylation sites is 1. The molecule has 4 aromatic rings. The summed E-state index contributed by atoms with van der Waals surface area (Å²) in [5.74, 6) is 0.309. The van der Waals surface area contributed by atoms with Gasteiger partial charge in [-0.25, -0.2) is 9.97 Å². The van der Waals surface area contributed by atoms with E-state index in [-0.39, 0.29) is 12.5 Å². The summed E-state index contributed by atoms with van der Waals surface area (Å²) in [6.45, 7) is -0.235. The summed E-state index contributed by atoms with van der Waals surface area (Å²) in [5.41, 5.74) is 3.45. The van der Waals surface area contributed by atoms with Crippen molar-refractivity contribution in [3.63, 3.8) is 0 Å². The molecule has 8 heteroatoms. The lowest BCUT2D eigenvalue weighted by Crippen LogP contribution is -2.30. The van der Waals surface area contributed by atoms with Crippen molar-refractivity contribution >= 4 is 29.0 Å². The van der Waals surface area contributed by atoms with E-state index in [1.54, 1.807) is 36.5 Å². The predicted octanol–water partition coefficient (Wildman–Crippen LogP) is 4.33. The van der Waals surface area contributed by atoms with Gasteiger partial charge in [-0.2, -0.15) is 0 Å². The molecule has 2 aromatic carbocycles. The maximum atomic E-state index is 12.7. The molecule has 156 valence electrons. The summed E-state index contributed by atoms with van der Waals surface area (Å²) in [4.78, 5) is 24.2. The zero-order chi connectivity index (χ0) is 21.6. The van der Waals surface area contributed by atoms with E-state index in [1.807, 2.05) is 36.4 Å². The normalized spacial score (nSPS) is 11.7. The lowest BCUT2D eigenvalue weighted by Gasteiger charge is -2.16. The summed E-state index contributed by atoms with van der Waals surface area (Å²) in [7, 11) is 0. The third-order valence-corrected chi connectivity index (χ3v) is 4.95. The van der Waals surface area contributed by atoms with Crippen LogP contribution in [0.1, 0.15) is 22.1 Å². The second-order valence-electron chi connectivity index (χ2n) is 6.84. The van der Waals surface area contributed by atoms with Gasteiger partial charge in [-0.1, -0.05) is 41.9 Å². The molecule has 0 fully saturated rings. The Morgan fingerprint density at radius 2 is 1.84 bits per heavy atom. The van der Waals surface area contributed by atoms with Crippen LogP contribution in [0.15, 0.2) is 79.3 Å². The SMILES string of the molecule is O=C(N[C@@H](CO)c1ccc(Cl)cc1)c1cc(-c2cc(Nc3ccccc3)ncn2)c[nH]1. The van der Waals surface area contributed by atoms with E-state index in [2.05, 4.69) is 25.6 Å². The number of anilines is 2.